The second kappa shape index (κ2) is 33.1. The number of carbonyl (C=O) groups excluding carboxylic acids is 6. The molecule has 4 fully saturated rings. The molecule has 2 bridgehead atoms. The number of alkyl carbamates (subject to hydrolysis) is 1. The predicted octanol–water partition coefficient (Wildman–Crippen LogP) is 9.01. The van der Waals surface area contributed by atoms with Gasteiger partial charge >= 0.3 is 12.1 Å². The zero-order chi connectivity index (χ0) is 60.2. The molecule has 3 N–H and O–H groups in total. The van der Waals surface area contributed by atoms with Crippen LogP contribution in [0.5, 0.6) is 0 Å². The van der Waals surface area contributed by atoms with E-state index in [4.69, 9.17) is 28.4 Å². The van der Waals surface area contributed by atoms with Gasteiger partial charge in [-0.2, -0.15) is 0 Å². The number of fused-ring (bicyclic) bond motifs is 3. The highest BCUT2D eigenvalue weighted by atomic mass is 16.6. The molecule has 1 aliphatic carbocycles. The molecule has 1 aromatic rings. The number of nitrogens with one attached hydrogen (secondary N) is 1. The Balaban J connectivity index is 1.25. The van der Waals surface area contributed by atoms with Crippen molar-refractivity contribution in [3.05, 3.63) is 83.5 Å². The van der Waals surface area contributed by atoms with E-state index in [-0.39, 0.29) is 42.8 Å². The highest BCUT2D eigenvalue weighted by Crippen LogP contribution is 2.38. The number of nitrogens with zero attached hydrogens (tertiary/aromatic N) is 2. The molecule has 4 aliphatic heterocycles. The lowest BCUT2D eigenvalue weighted by atomic mass is 9.78. The van der Waals surface area contributed by atoms with Gasteiger partial charge in [-0.15, -0.1) is 0 Å². The maximum Gasteiger partial charge on any atom is 0.407 e. The van der Waals surface area contributed by atoms with Gasteiger partial charge in [0.2, 0.25) is 5.79 Å². The molecule has 17 heteroatoms. The molecule has 15 atom stereocenters. The van der Waals surface area contributed by atoms with Crippen LogP contribution < -0.4 is 5.32 Å². The molecule has 0 radical (unpaired) electrons. The fraction of sp³-hybridized carbons (Fsp3) is 0.697. The summed E-state index contributed by atoms with van der Waals surface area (Å²) in [6.45, 7) is 16.5. The normalized spacial score (nSPS) is 35.4. The average Bonchev–Trinajstić information content (AvgIpc) is 2.96. The van der Waals surface area contributed by atoms with E-state index in [2.05, 4.69) is 10.2 Å². The van der Waals surface area contributed by atoms with E-state index >= 15 is 0 Å². The van der Waals surface area contributed by atoms with E-state index in [1.165, 1.54) is 18.4 Å². The van der Waals surface area contributed by atoms with E-state index in [9.17, 15) is 39.0 Å². The number of Topliss-reactive ketones (excluding diaryl/α,β-unsaturated/α-hetero) is 3. The summed E-state index contributed by atoms with van der Waals surface area (Å²) in [5.41, 5.74) is 2.37. The first-order chi connectivity index (χ1) is 39.7. The number of likely N-dealkylation sites (tertiary alicyclic amines) is 1. The van der Waals surface area contributed by atoms with Gasteiger partial charge in [0.1, 0.15) is 36.2 Å². The van der Waals surface area contributed by atoms with Crippen LogP contribution in [0.4, 0.5) is 4.79 Å². The number of hydrogen-bond acceptors (Lipinski definition) is 15. The van der Waals surface area contributed by atoms with E-state index in [1.807, 2.05) is 88.4 Å². The molecule has 17 nitrogen and oxygen atoms in total. The monoisotopic (exact) mass is 1160 g/mol. The van der Waals surface area contributed by atoms with Crippen LogP contribution in [0.1, 0.15) is 150 Å². The van der Waals surface area contributed by atoms with Gasteiger partial charge in [0, 0.05) is 64.4 Å². The van der Waals surface area contributed by atoms with E-state index in [1.54, 1.807) is 34.0 Å². The van der Waals surface area contributed by atoms with Crippen molar-refractivity contribution in [2.45, 2.75) is 206 Å². The lowest BCUT2D eigenvalue weighted by Crippen LogP contribution is -2.61. The third-order valence-corrected chi connectivity index (χ3v) is 18.1. The quantitative estimate of drug-likeness (QED) is 0.0954. The minimum Gasteiger partial charge on any atom is -0.460 e. The molecule has 0 aromatic heterocycles. The molecule has 0 spiro atoms. The number of benzene rings is 1. The summed E-state index contributed by atoms with van der Waals surface area (Å²) in [4.78, 5) is 88.9. The minimum atomic E-state index is -2.48. The second-order valence-corrected chi connectivity index (χ2v) is 24.7. The van der Waals surface area contributed by atoms with E-state index < -0.39 is 102 Å². The molecule has 2 amide bonds. The van der Waals surface area contributed by atoms with Crippen molar-refractivity contribution in [3.63, 3.8) is 0 Å². The van der Waals surface area contributed by atoms with Gasteiger partial charge in [-0.1, -0.05) is 108 Å². The molecule has 1 aromatic carbocycles. The lowest BCUT2D eigenvalue weighted by molar-refractivity contribution is -0.266. The van der Waals surface area contributed by atoms with Crippen LogP contribution in [0.25, 0.3) is 0 Å². The highest BCUT2D eigenvalue weighted by Gasteiger charge is 2.53. The summed E-state index contributed by atoms with van der Waals surface area (Å²) in [7, 11) is 2.98. The standard InChI is InChI=1S/C66H99N3O14/c1-43-21-13-10-14-22-44(2)56(80-36-30-50-23-15-11-16-24-50)41-52-28-26-49(7)66(77,83-52)62(73)63(74)69-34-20-17-25-53(69)64(75)81-57(42-54(70)45(3)38-48(6)60(72)61(79-9)59(71)47(5)37-43)46(4)39-51-27-29-55(58(40-51)78-8)82-65(76)67-31-35-68-32-18-12-19-33-68/h10-11,13-16,21-24,38,43,45-47,49,51-53,55-58,60-61,72,77H,12,17-20,25-37,39-42H2,1-9H3,(H,67,76)/b14-10+,21-13+,44-22+,48-38+/t43-,45-,46-,47-,49-,51+,52+,53?,55-,56?,57+,58-,60-,61+,66-/m1/s1. The largest absolute Gasteiger partial charge is 0.460 e. The Morgan fingerprint density at radius 1 is 0.831 bits per heavy atom. The number of esters is 1. The lowest BCUT2D eigenvalue weighted by Gasteiger charge is -2.43. The first kappa shape index (κ1) is 67.2. The van der Waals surface area contributed by atoms with Crippen LogP contribution in [0.2, 0.25) is 0 Å². The van der Waals surface area contributed by atoms with Crippen LogP contribution in [-0.2, 0) is 58.8 Å². The Labute approximate surface area is 494 Å². The molecule has 2 unspecified atom stereocenters. The van der Waals surface area contributed by atoms with Crippen molar-refractivity contribution in [2.75, 3.05) is 53.6 Å². The number of ketones is 3. The van der Waals surface area contributed by atoms with Crippen molar-refractivity contribution < 1.29 is 67.4 Å². The van der Waals surface area contributed by atoms with Gasteiger partial charge in [-0.25, -0.2) is 9.59 Å². The van der Waals surface area contributed by atoms with Crippen LogP contribution in [-0.4, -0.2) is 163 Å². The number of amides is 2. The number of allylic oxidation sites excluding steroid dienone is 6. The van der Waals surface area contributed by atoms with Crippen molar-refractivity contribution >= 4 is 35.3 Å². The summed E-state index contributed by atoms with van der Waals surface area (Å²) in [5, 5.41) is 26.8. The van der Waals surface area contributed by atoms with Gasteiger partial charge in [-0.05, 0) is 145 Å². The summed E-state index contributed by atoms with van der Waals surface area (Å²) >= 11 is 0. The Morgan fingerprint density at radius 3 is 2.29 bits per heavy atom. The molecular formula is C66H99N3O14. The van der Waals surface area contributed by atoms with E-state index in [0.717, 1.165) is 43.6 Å². The van der Waals surface area contributed by atoms with Gasteiger partial charge in [0.15, 0.2) is 5.78 Å². The number of piperidine rings is 2. The second-order valence-electron chi connectivity index (χ2n) is 24.7. The van der Waals surface area contributed by atoms with Crippen LogP contribution >= 0.6 is 0 Å². The number of aliphatic hydroxyl groups excluding tert-OH is 1. The topological polar surface area (TPSA) is 217 Å². The SMILES string of the molecule is CO[C@@H]1C[C@H](C[C@@H](C)[C@@H]2CC(=O)[C@H](C)/C=C(\C)[C@@H](O)[C@@H](OC)C(=O)[C@H](C)C[C@H](C)/C=C/C=C/C=C(\C)C(OCCc3ccccc3)C[C@@H]3CC[C@@H](C)[C@@](O)(O3)C(=O)C(=O)N3CCCCC3C(=O)O2)CC[C@H]1OC(=O)NCCN1CCCCC1. The summed E-state index contributed by atoms with van der Waals surface area (Å²) < 4.78 is 36.8. The van der Waals surface area contributed by atoms with Gasteiger partial charge in [-0.3, -0.25) is 19.2 Å². The number of cyclic esters (lactones) is 1. The third-order valence-electron chi connectivity index (χ3n) is 18.1. The summed E-state index contributed by atoms with van der Waals surface area (Å²) in [6.07, 6.45) is 14.6. The van der Waals surface area contributed by atoms with Crippen molar-refractivity contribution in [3.8, 4) is 0 Å². The molecule has 4 heterocycles. The zero-order valence-electron chi connectivity index (χ0n) is 51.2. The smallest absolute Gasteiger partial charge is 0.407 e. The number of methoxy groups -OCH3 is 2. The Bertz CT molecular complexity index is 2400. The van der Waals surface area contributed by atoms with Crippen molar-refractivity contribution in [1.82, 2.24) is 15.1 Å². The van der Waals surface area contributed by atoms with Gasteiger partial charge in [0.05, 0.1) is 24.9 Å². The number of carbonyl (C=O) groups is 6. The summed E-state index contributed by atoms with van der Waals surface area (Å²) in [5.74, 6) is -8.34. The Hall–Kier alpha value is -4.88. The number of rotatable bonds is 13. The van der Waals surface area contributed by atoms with Crippen LogP contribution in [0.15, 0.2) is 77.9 Å². The van der Waals surface area contributed by atoms with Crippen LogP contribution in [0, 0.1) is 35.5 Å². The Morgan fingerprint density at radius 2 is 1.57 bits per heavy atom. The van der Waals surface area contributed by atoms with E-state index in [0.29, 0.717) is 89.4 Å². The van der Waals surface area contributed by atoms with Gasteiger partial charge in [0.25, 0.3) is 11.7 Å². The summed E-state index contributed by atoms with van der Waals surface area (Å²) in [6, 6.07) is 8.81. The number of hydrogen-bond donors (Lipinski definition) is 3. The minimum absolute atomic E-state index is 0.00951. The first-order valence-electron chi connectivity index (χ1n) is 31.0. The number of ether oxygens (including phenoxy) is 6. The fourth-order valence-electron chi connectivity index (χ4n) is 12.8. The molecule has 5 aliphatic rings. The molecule has 6 rings (SSSR count). The molecule has 462 valence electrons. The van der Waals surface area contributed by atoms with Crippen molar-refractivity contribution in [2.24, 2.45) is 35.5 Å². The van der Waals surface area contributed by atoms with Crippen LogP contribution in [0.3, 0.4) is 0 Å². The maximum atomic E-state index is 14.7. The number of aliphatic hydroxyl groups is 2. The molecular weight excluding hydrogens is 1060 g/mol. The highest BCUT2D eigenvalue weighted by molar-refractivity contribution is 6.39. The maximum absolute atomic E-state index is 14.7. The zero-order valence-corrected chi connectivity index (χ0v) is 51.2. The van der Waals surface area contributed by atoms with Crippen molar-refractivity contribution in [1.29, 1.82) is 0 Å². The first-order valence-corrected chi connectivity index (χ1v) is 31.0. The Kier molecular flexibility index (Phi) is 26.9. The predicted molar refractivity (Wildman–Crippen MR) is 317 cm³/mol. The molecule has 83 heavy (non-hydrogen) atoms. The fourth-order valence-corrected chi connectivity index (χ4v) is 12.8. The molecule has 3 saturated heterocycles. The van der Waals surface area contributed by atoms with Gasteiger partial charge < -0.3 is 53.8 Å². The average molecular weight is 1160 g/mol. The molecule has 1 saturated carbocycles. The third kappa shape index (κ3) is 19.6.